The van der Waals surface area contributed by atoms with Crippen LogP contribution in [-0.4, -0.2) is 43.7 Å². The van der Waals surface area contributed by atoms with Gasteiger partial charge < -0.3 is 14.5 Å². The average molecular weight is 402 g/mol. The van der Waals surface area contributed by atoms with Gasteiger partial charge in [-0.05, 0) is 24.3 Å². The van der Waals surface area contributed by atoms with Crippen molar-refractivity contribution in [1.29, 1.82) is 5.26 Å². The van der Waals surface area contributed by atoms with E-state index in [0.29, 0.717) is 48.8 Å². The molecule has 2 aromatic rings. The van der Waals surface area contributed by atoms with E-state index < -0.39 is 0 Å². The van der Waals surface area contributed by atoms with E-state index in [1.54, 1.807) is 48.4 Å². The van der Waals surface area contributed by atoms with Gasteiger partial charge in [0.1, 0.15) is 11.9 Å². The molecule has 2 aromatic carbocycles. The molecule has 0 radical (unpaired) electrons. The molecule has 0 saturated carbocycles. The second kappa shape index (κ2) is 9.05. The monoisotopic (exact) mass is 401 g/mol. The van der Waals surface area contributed by atoms with Crippen LogP contribution in [0.3, 0.4) is 0 Å². The van der Waals surface area contributed by atoms with E-state index in [1.807, 2.05) is 11.0 Å². The smallest absolute Gasteiger partial charge is 0.224 e. The molecule has 1 saturated heterocycles. The number of nitrogens with zero attached hydrogens (tertiary/aromatic N) is 3. The normalized spacial score (nSPS) is 16.3. The largest absolute Gasteiger partial charge is 0.383 e. The van der Waals surface area contributed by atoms with Crippen molar-refractivity contribution < 1.29 is 13.9 Å². The van der Waals surface area contributed by atoms with E-state index in [0.717, 1.165) is 5.69 Å². The number of carbonyl (C=O) groups excluding carboxylic acids is 1. The minimum absolute atomic E-state index is 0.0420. The van der Waals surface area contributed by atoms with Crippen molar-refractivity contribution in [2.24, 2.45) is 0 Å². The van der Waals surface area contributed by atoms with E-state index in [9.17, 15) is 9.18 Å². The number of rotatable bonds is 7. The lowest BCUT2D eigenvalue weighted by atomic mass is 10.1. The Bertz CT molecular complexity index is 899. The first-order valence-electron chi connectivity index (χ1n) is 9.00. The lowest BCUT2D eigenvalue weighted by molar-refractivity contribution is -0.128. The second-order valence-corrected chi connectivity index (χ2v) is 7.09. The van der Waals surface area contributed by atoms with Crippen LogP contribution < -0.4 is 4.90 Å². The van der Waals surface area contributed by atoms with E-state index in [4.69, 9.17) is 21.6 Å². The van der Waals surface area contributed by atoms with Crippen molar-refractivity contribution in [1.82, 2.24) is 4.90 Å². The highest BCUT2D eigenvalue weighted by molar-refractivity contribution is 6.32. The van der Waals surface area contributed by atoms with Gasteiger partial charge in [-0.3, -0.25) is 4.79 Å². The zero-order valence-electron chi connectivity index (χ0n) is 15.6. The Balaban J connectivity index is 1.91. The summed E-state index contributed by atoms with van der Waals surface area (Å²) in [4.78, 5) is 16.2. The quantitative estimate of drug-likeness (QED) is 0.711. The van der Waals surface area contributed by atoms with Gasteiger partial charge in [0.05, 0.1) is 23.2 Å². The summed E-state index contributed by atoms with van der Waals surface area (Å²) in [5, 5.41) is 9.45. The number of hydrogen-bond acceptors (Lipinski definition) is 4. The molecule has 7 heteroatoms. The molecule has 0 spiro atoms. The van der Waals surface area contributed by atoms with Gasteiger partial charge in [0, 0.05) is 44.4 Å². The van der Waals surface area contributed by atoms with Crippen molar-refractivity contribution in [3.63, 3.8) is 0 Å². The maximum absolute atomic E-state index is 14.3. The van der Waals surface area contributed by atoms with Crippen LogP contribution in [0.2, 0.25) is 5.02 Å². The maximum Gasteiger partial charge on any atom is 0.224 e. The lowest BCUT2D eigenvalue weighted by Crippen LogP contribution is -2.38. The molecular formula is C21H21ClFN3O2. The summed E-state index contributed by atoms with van der Waals surface area (Å²) >= 11 is 6.22. The Hall–Kier alpha value is -2.62. The van der Waals surface area contributed by atoms with Gasteiger partial charge in [0.25, 0.3) is 0 Å². The molecule has 5 nitrogen and oxygen atoms in total. The minimum atomic E-state index is -0.298. The van der Waals surface area contributed by atoms with Crippen LogP contribution in [-0.2, 0) is 16.1 Å². The average Bonchev–Trinajstić information content (AvgIpc) is 3.06. The fourth-order valence-corrected chi connectivity index (χ4v) is 3.61. The third-order valence-electron chi connectivity index (χ3n) is 4.90. The van der Waals surface area contributed by atoms with Gasteiger partial charge in [-0.1, -0.05) is 29.8 Å². The van der Waals surface area contributed by atoms with E-state index in [-0.39, 0.29) is 17.8 Å². The maximum atomic E-state index is 14.3. The van der Waals surface area contributed by atoms with Gasteiger partial charge in [-0.25, -0.2) is 4.39 Å². The van der Waals surface area contributed by atoms with Crippen LogP contribution in [0, 0.1) is 17.1 Å². The molecule has 1 aliphatic rings. The highest BCUT2D eigenvalue weighted by Gasteiger charge is 2.34. The Morgan fingerprint density at radius 3 is 2.82 bits per heavy atom. The molecule has 0 bridgehead atoms. The summed E-state index contributed by atoms with van der Waals surface area (Å²) in [6.45, 7) is 1.81. The Morgan fingerprint density at radius 1 is 1.36 bits per heavy atom. The van der Waals surface area contributed by atoms with Crippen molar-refractivity contribution in [2.75, 3.05) is 31.7 Å². The molecule has 0 aliphatic carbocycles. The summed E-state index contributed by atoms with van der Waals surface area (Å²) in [5.74, 6) is -0.256. The van der Waals surface area contributed by atoms with Crippen molar-refractivity contribution in [3.8, 4) is 6.07 Å². The van der Waals surface area contributed by atoms with Crippen LogP contribution >= 0.6 is 11.6 Å². The number of halogens is 2. The number of amides is 1. The molecule has 0 N–H and O–H groups in total. The zero-order valence-corrected chi connectivity index (χ0v) is 16.3. The highest BCUT2D eigenvalue weighted by Crippen LogP contribution is 2.30. The highest BCUT2D eigenvalue weighted by atomic mass is 35.5. The van der Waals surface area contributed by atoms with E-state index in [1.165, 1.54) is 6.07 Å². The third-order valence-corrected chi connectivity index (χ3v) is 5.22. The third kappa shape index (κ3) is 4.44. The zero-order chi connectivity index (χ0) is 20.1. The van der Waals surface area contributed by atoms with Crippen LogP contribution in [0.25, 0.3) is 0 Å². The minimum Gasteiger partial charge on any atom is -0.383 e. The molecule has 0 unspecified atom stereocenters. The SMILES string of the molecule is COCCN1C[C@@H](N(Cc2ccccc2F)c2ccc(C#N)c(Cl)c2)CC1=O. The molecule has 1 heterocycles. The van der Waals surface area contributed by atoms with Crippen LogP contribution in [0.5, 0.6) is 0 Å². The van der Waals surface area contributed by atoms with Gasteiger partial charge in [-0.15, -0.1) is 0 Å². The molecule has 1 atom stereocenters. The topological polar surface area (TPSA) is 56.6 Å². The summed E-state index contributed by atoms with van der Waals surface area (Å²) < 4.78 is 19.4. The number of benzene rings is 2. The van der Waals surface area contributed by atoms with Gasteiger partial charge in [0.2, 0.25) is 5.91 Å². The molecular weight excluding hydrogens is 381 g/mol. The number of nitriles is 1. The summed E-state index contributed by atoms with van der Waals surface area (Å²) in [7, 11) is 1.60. The molecule has 1 aliphatic heterocycles. The van der Waals surface area contributed by atoms with Crippen LogP contribution in [0.4, 0.5) is 10.1 Å². The van der Waals surface area contributed by atoms with E-state index in [2.05, 4.69) is 0 Å². The molecule has 1 amide bonds. The predicted octanol–water partition coefficient (Wildman–Crippen LogP) is 3.60. The molecule has 146 valence electrons. The van der Waals surface area contributed by atoms with Gasteiger partial charge in [0.15, 0.2) is 0 Å². The van der Waals surface area contributed by atoms with Gasteiger partial charge in [-0.2, -0.15) is 5.26 Å². The lowest BCUT2D eigenvalue weighted by Gasteiger charge is -2.31. The Morgan fingerprint density at radius 2 is 2.14 bits per heavy atom. The summed E-state index contributed by atoms with van der Waals surface area (Å²) in [6.07, 6.45) is 0.329. The van der Waals surface area contributed by atoms with Crippen molar-refractivity contribution in [2.45, 2.75) is 19.0 Å². The first kappa shape index (κ1) is 20.1. The number of likely N-dealkylation sites (tertiary alicyclic amines) is 1. The van der Waals surface area contributed by atoms with Gasteiger partial charge >= 0.3 is 0 Å². The standard InChI is InChI=1S/C21H21ClFN3O2/c1-28-9-8-25-14-18(11-21(25)27)26(13-16-4-2-3-5-20(16)23)17-7-6-15(12-24)19(22)10-17/h2-7,10,18H,8-9,11,13-14H2,1H3/t18-/m0/s1. The Kier molecular flexibility index (Phi) is 6.50. The Labute approximate surface area is 168 Å². The molecule has 1 fully saturated rings. The predicted molar refractivity (Wildman–Crippen MR) is 106 cm³/mol. The molecule has 3 rings (SSSR count). The van der Waals surface area contributed by atoms with Crippen molar-refractivity contribution in [3.05, 3.63) is 64.4 Å². The second-order valence-electron chi connectivity index (χ2n) is 6.69. The molecule has 0 aromatic heterocycles. The number of carbonyl (C=O) groups is 1. The summed E-state index contributed by atoms with van der Waals surface area (Å²) in [6, 6.07) is 13.6. The number of methoxy groups -OCH3 is 1. The van der Waals surface area contributed by atoms with Crippen LogP contribution in [0.15, 0.2) is 42.5 Å². The van der Waals surface area contributed by atoms with Crippen LogP contribution in [0.1, 0.15) is 17.5 Å². The fraction of sp³-hybridized carbons (Fsp3) is 0.333. The number of hydrogen-bond donors (Lipinski definition) is 0. The number of ether oxygens (including phenoxy) is 1. The summed E-state index contributed by atoms with van der Waals surface area (Å²) in [5.41, 5.74) is 1.66. The molecule has 28 heavy (non-hydrogen) atoms. The number of anilines is 1. The fourth-order valence-electron chi connectivity index (χ4n) is 3.39. The first-order chi connectivity index (χ1) is 13.5. The van der Waals surface area contributed by atoms with Crippen molar-refractivity contribution >= 4 is 23.2 Å². The first-order valence-corrected chi connectivity index (χ1v) is 9.37. The van der Waals surface area contributed by atoms with E-state index >= 15 is 0 Å².